The summed E-state index contributed by atoms with van der Waals surface area (Å²) in [6.45, 7) is 0. The van der Waals surface area contributed by atoms with Crippen molar-refractivity contribution < 1.29 is 8.42 Å². The van der Waals surface area contributed by atoms with E-state index in [2.05, 4.69) is 4.72 Å². The third kappa shape index (κ3) is 4.18. The number of rotatable bonds is 5. The molecule has 0 spiro atoms. The number of hydrogen-bond acceptors (Lipinski definition) is 4. The summed E-state index contributed by atoms with van der Waals surface area (Å²) in [5, 5.41) is 0. The highest BCUT2D eigenvalue weighted by atomic mass is 32.2. The Labute approximate surface area is 123 Å². The first-order chi connectivity index (χ1) is 9.48. The van der Waals surface area contributed by atoms with E-state index in [1.165, 1.54) is 0 Å². The lowest BCUT2D eigenvalue weighted by Gasteiger charge is -2.09. The minimum atomic E-state index is -3.44. The minimum Gasteiger partial charge on any atom is -0.399 e. The summed E-state index contributed by atoms with van der Waals surface area (Å²) in [5.41, 5.74) is 7.44. The number of anilines is 2. The molecule has 0 bridgehead atoms. The van der Waals surface area contributed by atoms with Gasteiger partial charge < -0.3 is 5.73 Å². The molecule has 3 N–H and O–H groups in total. The molecule has 0 aliphatic carbocycles. The first kappa shape index (κ1) is 14.7. The van der Waals surface area contributed by atoms with Crippen LogP contribution < -0.4 is 10.5 Å². The molecule has 0 radical (unpaired) electrons. The fourth-order valence-corrected chi connectivity index (χ4v) is 3.44. The van der Waals surface area contributed by atoms with Crippen LogP contribution in [0, 0.1) is 0 Å². The standard InChI is InChI=1S/C14H16N2O2S2/c1-19-14-7-3-6-13(9-14)16-20(17,18)10-11-4-2-5-12(15)8-11/h2-9,16H,10,15H2,1H3. The van der Waals surface area contributed by atoms with Gasteiger partial charge in [-0.25, -0.2) is 8.42 Å². The zero-order chi connectivity index (χ0) is 14.6. The van der Waals surface area contributed by atoms with Gasteiger partial charge in [0.2, 0.25) is 10.0 Å². The van der Waals surface area contributed by atoms with Gasteiger partial charge >= 0.3 is 0 Å². The average Bonchev–Trinajstić information content (AvgIpc) is 2.37. The molecular weight excluding hydrogens is 292 g/mol. The van der Waals surface area contributed by atoms with Gasteiger partial charge in [-0.2, -0.15) is 0 Å². The molecule has 2 aromatic carbocycles. The summed E-state index contributed by atoms with van der Waals surface area (Å²) in [5.74, 6) is -0.0957. The van der Waals surface area contributed by atoms with Gasteiger partial charge in [-0.1, -0.05) is 18.2 Å². The molecule has 0 amide bonds. The predicted octanol–water partition coefficient (Wildman–Crippen LogP) is 2.93. The summed E-state index contributed by atoms with van der Waals surface area (Å²) in [6.07, 6.45) is 1.94. The van der Waals surface area contributed by atoms with E-state index < -0.39 is 10.0 Å². The van der Waals surface area contributed by atoms with Gasteiger partial charge in [-0.15, -0.1) is 11.8 Å². The number of hydrogen-bond donors (Lipinski definition) is 2. The molecule has 0 unspecified atom stereocenters. The Morgan fingerprint density at radius 3 is 2.60 bits per heavy atom. The molecular formula is C14H16N2O2S2. The Kier molecular flexibility index (Phi) is 4.57. The molecule has 0 heterocycles. The predicted molar refractivity (Wildman–Crippen MR) is 85.3 cm³/mol. The van der Waals surface area contributed by atoms with E-state index in [-0.39, 0.29) is 5.75 Å². The normalized spacial score (nSPS) is 11.2. The van der Waals surface area contributed by atoms with Crippen LogP contribution in [-0.4, -0.2) is 14.7 Å². The Morgan fingerprint density at radius 1 is 1.15 bits per heavy atom. The van der Waals surface area contributed by atoms with Crippen LogP contribution in [0.3, 0.4) is 0 Å². The van der Waals surface area contributed by atoms with Crippen LogP contribution in [-0.2, 0) is 15.8 Å². The summed E-state index contributed by atoms with van der Waals surface area (Å²) < 4.78 is 26.8. The first-order valence-corrected chi connectivity index (χ1v) is 8.85. The monoisotopic (exact) mass is 308 g/mol. The van der Waals surface area contributed by atoms with Crippen LogP contribution >= 0.6 is 11.8 Å². The van der Waals surface area contributed by atoms with Crippen molar-refractivity contribution in [2.24, 2.45) is 0 Å². The van der Waals surface area contributed by atoms with Crippen molar-refractivity contribution in [3.63, 3.8) is 0 Å². The van der Waals surface area contributed by atoms with Crippen molar-refractivity contribution in [3.8, 4) is 0 Å². The molecule has 2 aromatic rings. The van der Waals surface area contributed by atoms with E-state index in [0.29, 0.717) is 16.9 Å². The fraction of sp³-hybridized carbons (Fsp3) is 0.143. The quantitative estimate of drug-likeness (QED) is 0.658. The van der Waals surface area contributed by atoms with Gasteiger partial charge in [0.05, 0.1) is 5.75 Å². The van der Waals surface area contributed by atoms with Gasteiger partial charge in [0.15, 0.2) is 0 Å². The van der Waals surface area contributed by atoms with Crippen LogP contribution in [0.5, 0.6) is 0 Å². The maximum absolute atomic E-state index is 12.1. The number of nitrogens with one attached hydrogen (secondary N) is 1. The van der Waals surface area contributed by atoms with E-state index in [1.54, 1.807) is 42.1 Å². The Balaban J connectivity index is 2.14. The first-order valence-electron chi connectivity index (χ1n) is 5.97. The maximum atomic E-state index is 12.1. The SMILES string of the molecule is CSc1cccc(NS(=O)(=O)Cc2cccc(N)c2)c1. The summed E-state index contributed by atoms with van der Waals surface area (Å²) in [6, 6.07) is 14.2. The molecule has 0 aromatic heterocycles. The van der Waals surface area contributed by atoms with Crippen LogP contribution in [0.4, 0.5) is 11.4 Å². The van der Waals surface area contributed by atoms with Crippen molar-refractivity contribution in [1.29, 1.82) is 0 Å². The van der Waals surface area contributed by atoms with E-state index >= 15 is 0 Å². The van der Waals surface area contributed by atoms with Crippen molar-refractivity contribution >= 4 is 33.2 Å². The highest BCUT2D eigenvalue weighted by Crippen LogP contribution is 2.20. The Bertz CT molecular complexity index is 700. The second-order valence-corrected chi connectivity index (χ2v) is 6.94. The number of sulfonamides is 1. The zero-order valence-electron chi connectivity index (χ0n) is 11.0. The summed E-state index contributed by atoms with van der Waals surface area (Å²) >= 11 is 1.56. The molecule has 20 heavy (non-hydrogen) atoms. The van der Waals surface area contributed by atoms with E-state index in [9.17, 15) is 8.42 Å². The van der Waals surface area contributed by atoms with Crippen LogP contribution in [0.25, 0.3) is 0 Å². The van der Waals surface area contributed by atoms with Crippen LogP contribution in [0.15, 0.2) is 53.4 Å². The largest absolute Gasteiger partial charge is 0.399 e. The molecule has 0 saturated carbocycles. The molecule has 6 heteroatoms. The van der Waals surface area contributed by atoms with Gasteiger partial charge in [-0.05, 0) is 42.2 Å². The maximum Gasteiger partial charge on any atom is 0.236 e. The van der Waals surface area contributed by atoms with E-state index in [0.717, 1.165) is 4.90 Å². The van der Waals surface area contributed by atoms with E-state index in [4.69, 9.17) is 5.73 Å². The van der Waals surface area contributed by atoms with Crippen LogP contribution in [0.1, 0.15) is 5.56 Å². The highest BCUT2D eigenvalue weighted by Gasteiger charge is 2.12. The third-order valence-electron chi connectivity index (χ3n) is 2.65. The Morgan fingerprint density at radius 2 is 1.90 bits per heavy atom. The zero-order valence-corrected chi connectivity index (χ0v) is 12.7. The lowest BCUT2D eigenvalue weighted by Crippen LogP contribution is -2.15. The second-order valence-electron chi connectivity index (χ2n) is 4.34. The second kappa shape index (κ2) is 6.19. The van der Waals surface area contributed by atoms with Gasteiger partial charge in [0.25, 0.3) is 0 Å². The van der Waals surface area contributed by atoms with Crippen LogP contribution in [0.2, 0.25) is 0 Å². The van der Waals surface area contributed by atoms with Crippen molar-refractivity contribution in [1.82, 2.24) is 0 Å². The lowest BCUT2D eigenvalue weighted by atomic mass is 10.2. The van der Waals surface area contributed by atoms with Gasteiger partial charge in [0, 0.05) is 16.3 Å². The molecule has 0 aliphatic rings. The molecule has 0 fully saturated rings. The van der Waals surface area contributed by atoms with Crippen molar-refractivity contribution in [3.05, 3.63) is 54.1 Å². The summed E-state index contributed by atoms with van der Waals surface area (Å²) in [7, 11) is -3.44. The number of thioether (sulfide) groups is 1. The molecule has 0 aliphatic heterocycles. The van der Waals surface area contributed by atoms with Crippen molar-refractivity contribution in [2.75, 3.05) is 16.7 Å². The average molecular weight is 308 g/mol. The van der Waals surface area contributed by atoms with E-state index in [1.807, 2.05) is 24.5 Å². The van der Waals surface area contributed by atoms with Gasteiger partial charge in [-0.3, -0.25) is 4.72 Å². The molecule has 2 rings (SSSR count). The third-order valence-corrected chi connectivity index (χ3v) is 4.64. The highest BCUT2D eigenvalue weighted by molar-refractivity contribution is 7.98. The molecule has 0 atom stereocenters. The smallest absolute Gasteiger partial charge is 0.236 e. The number of nitrogen functional groups attached to an aromatic ring is 1. The summed E-state index contributed by atoms with van der Waals surface area (Å²) in [4.78, 5) is 1.01. The molecule has 0 saturated heterocycles. The van der Waals surface area contributed by atoms with Gasteiger partial charge in [0.1, 0.15) is 0 Å². The minimum absolute atomic E-state index is 0.0957. The molecule has 4 nitrogen and oxygen atoms in total. The topological polar surface area (TPSA) is 72.2 Å². The lowest BCUT2D eigenvalue weighted by molar-refractivity contribution is 0.600. The fourth-order valence-electron chi connectivity index (χ4n) is 1.80. The van der Waals surface area contributed by atoms with Crippen molar-refractivity contribution in [2.45, 2.75) is 10.6 Å². The Hall–Kier alpha value is -1.66. The molecule has 106 valence electrons. The number of benzene rings is 2. The number of nitrogens with two attached hydrogens (primary N) is 1.